The van der Waals surface area contributed by atoms with E-state index in [2.05, 4.69) is 19.6 Å². The highest BCUT2D eigenvalue weighted by Gasteiger charge is 2.06. The predicted octanol–water partition coefficient (Wildman–Crippen LogP) is 1.17. The predicted molar refractivity (Wildman–Crippen MR) is 46.4 cm³/mol. The number of nitrogens with zero attached hydrogens (tertiary/aromatic N) is 1. The molecule has 0 aromatic heterocycles. The standard InChI is InChI=1S/C7H15NOS/c1-3-5-8(4-2)7(9)6-10/h10H,3-6H2,1-2H3. The zero-order valence-electron chi connectivity index (χ0n) is 6.63. The van der Waals surface area contributed by atoms with E-state index in [4.69, 9.17) is 0 Å². The minimum Gasteiger partial charge on any atom is -0.342 e. The van der Waals surface area contributed by atoms with Crippen molar-refractivity contribution in [2.75, 3.05) is 18.8 Å². The first-order valence-electron chi connectivity index (χ1n) is 3.64. The van der Waals surface area contributed by atoms with E-state index < -0.39 is 0 Å². The second kappa shape index (κ2) is 5.59. The second-order valence-corrected chi connectivity index (χ2v) is 2.45. The molecule has 1 amide bonds. The molecule has 0 radical (unpaired) electrons. The molecule has 10 heavy (non-hydrogen) atoms. The van der Waals surface area contributed by atoms with Crippen LogP contribution >= 0.6 is 12.6 Å². The molecule has 0 aliphatic rings. The first-order chi connectivity index (χ1) is 4.76. The summed E-state index contributed by atoms with van der Waals surface area (Å²) in [6.45, 7) is 5.70. The molecule has 0 spiro atoms. The van der Waals surface area contributed by atoms with E-state index in [1.807, 2.05) is 11.8 Å². The highest BCUT2D eigenvalue weighted by molar-refractivity contribution is 7.81. The van der Waals surface area contributed by atoms with Crippen molar-refractivity contribution in [3.05, 3.63) is 0 Å². The number of carbonyl (C=O) groups excluding carboxylic acids is 1. The Morgan fingerprint density at radius 1 is 1.50 bits per heavy atom. The molecular weight excluding hydrogens is 146 g/mol. The molecule has 0 saturated heterocycles. The lowest BCUT2D eigenvalue weighted by atomic mass is 10.4. The van der Waals surface area contributed by atoms with Crippen LogP contribution in [0.4, 0.5) is 0 Å². The number of carbonyl (C=O) groups is 1. The van der Waals surface area contributed by atoms with E-state index in [1.54, 1.807) is 0 Å². The SMILES string of the molecule is CCCN(CC)C(=O)CS. The molecule has 2 nitrogen and oxygen atoms in total. The Bertz CT molecular complexity index is 106. The van der Waals surface area contributed by atoms with Gasteiger partial charge in [-0.2, -0.15) is 12.6 Å². The van der Waals surface area contributed by atoms with Gasteiger partial charge in [-0.15, -0.1) is 0 Å². The van der Waals surface area contributed by atoms with Gasteiger partial charge in [0.15, 0.2) is 0 Å². The maximum Gasteiger partial charge on any atom is 0.232 e. The van der Waals surface area contributed by atoms with E-state index in [-0.39, 0.29) is 5.91 Å². The van der Waals surface area contributed by atoms with E-state index in [9.17, 15) is 4.79 Å². The van der Waals surface area contributed by atoms with Crippen LogP contribution in [0.5, 0.6) is 0 Å². The van der Waals surface area contributed by atoms with E-state index in [1.165, 1.54) is 0 Å². The number of rotatable bonds is 4. The Hall–Kier alpha value is -0.180. The summed E-state index contributed by atoms with van der Waals surface area (Å²) in [4.78, 5) is 12.8. The molecule has 0 heterocycles. The van der Waals surface area contributed by atoms with E-state index in [0.29, 0.717) is 5.75 Å². The Kier molecular flexibility index (Phi) is 5.49. The molecule has 0 aliphatic heterocycles. The monoisotopic (exact) mass is 161 g/mol. The van der Waals surface area contributed by atoms with Gasteiger partial charge in [0.25, 0.3) is 0 Å². The van der Waals surface area contributed by atoms with Crippen molar-refractivity contribution in [1.29, 1.82) is 0 Å². The third-order valence-corrected chi connectivity index (χ3v) is 1.63. The molecule has 0 saturated carbocycles. The van der Waals surface area contributed by atoms with Crippen molar-refractivity contribution in [3.8, 4) is 0 Å². The van der Waals surface area contributed by atoms with Crippen molar-refractivity contribution >= 4 is 18.5 Å². The van der Waals surface area contributed by atoms with Gasteiger partial charge in [-0.05, 0) is 13.3 Å². The van der Waals surface area contributed by atoms with Crippen molar-refractivity contribution in [2.45, 2.75) is 20.3 Å². The van der Waals surface area contributed by atoms with Crippen LogP contribution < -0.4 is 0 Å². The molecule has 0 bridgehead atoms. The molecule has 3 heteroatoms. The molecular formula is C7H15NOS. The largest absolute Gasteiger partial charge is 0.342 e. The summed E-state index contributed by atoms with van der Waals surface area (Å²) in [6, 6.07) is 0. The van der Waals surface area contributed by atoms with Crippen LogP contribution in [-0.4, -0.2) is 29.6 Å². The molecule has 0 N–H and O–H groups in total. The lowest BCUT2D eigenvalue weighted by Gasteiger charge is -2.18. The molecule has 0 aliphatic carbocycles. The first kappa shape index (κ1) is 9.82. The number of hydrogen-bond acceptors (Lipinski definition) is 2. The van der Waals surface area contributed by atoms with Crippen molar-refractivity contribution in [2.24, 2.45) is 0 Å². The number of thiol groups is 1. The lowest BCUT2D eigenvalue weighted by molar-refractivity contribution is -0.128. The normalized spacial score (nSPS) is 9.50. The Morgan fingerprint density at radius 3 is 2.40 bits per heavy atom. The van der Waals surface area contributed by atoms with Crippen molar-refractivity contribution in [1.82, 2.24) is 4.90 Å². The topological polar surface area (TPSA) is 20.3 Å². The van der Waals surface area contributed by atoms with Crippen LogP contribution in [0.3, 0.4) is 0 Å². The van der Waals surface area contributed by atoms with Gasteiger partial charge in [0, 0.05) is 13.1 Å². The maximum absolute atomic E-state index is 11.0. The minimum atomic E-state index is 0.132. The van der Waals surface area contributed by atoms with Crippen LogP contribution in [0.2, 0.25) is 0 Å². The quantitative estimate of drug-likeness (QED) is 0.614. The molecule has 0 aromatic rings. The number of amides is 1. The Morgan fingerprint density at radius 2 is 2.10 bits per heavy atom. The summed E-state index contributed by atoms with van der Waals surface area (Å²) in [5.74, 6) is 0.459. The fraction of sp³-hybridized carbons (Fsp3) is 0.857. The van der Waals surface area contributed by atoms with Gasteiger partial charge in [-0.1, -0.05) is 6.92 Å². The summed E-state index contributed by atoms with van der Waals surface area (Å²) in [5, 5.41) is 0. The zero-order chi connectivity index (χ0) is 7.98. The zero-order valence-corrected chi connectivity index (χ0v) is 7.53. The highest BCUT2D eigenvalue weighted by Crippen LogP contribution is 1.93. The molecule has 60 valence electrons. The smallest absolute Gasteiger partial charge is 0.232 e. The maximum atomic E-state index is 11.0. The van der Waals surface area contributed by atoms with Crippen LogP contribution in [0.25, 0.3) is 0 Å². The van der Waals surface area contributed by atoms with Gasteiger partial charge < -0.3 is 4.90 Å². The van der Waals surface area contributed by atoms with Crippen molar-refractivity contribution in [3.63, 3.8) is 0 Å². The molecule has 0 atom stereocenters. The Balaban J connectivity index is 3.68. The van der Waals surface area contributed by atoms with Crippen molar-refractivity contribution < 1.29 is 4.79 Å². The van der Waals surface area contributed by atoms with Gasteiger partial charge in [-0.25, -0.2) is 0 Å². The lowest BCUT2D eigenvalue weighted by Crippen LogP contribution is -2.32. The van der Waals surface area contributed by atoms with Gasteiger partial charge in [0.2, 0.25) is 5.91 Å². The van der Waals surface area contributed by atoms with Gasteiger partial charge in [0.1, 0.15) is 0 Å². The average molecular weight is 161 g/mol. The third kappa shape index (κ3) is 3.11. The number of hydrogen-bond donors (Lipinski definition) is 1. The highest BCUT2D eigenvalue weighted by atomic mass is 32.1. The van der Waals surface area contributed by atoms with Crippen LogP contribution in [0, 0.1) is 0 Å². The third-order valence-electron chi connectivity index (χ3n) is 1.36. The summed E-state index contributed by atoms with van der Waals surface area (Å²) in [6.07, 6.45) is 1.02. The second-order valence-electron chi connectivity index (χ2n) is 2.13. The van der Waals surface area contributed by atoms with Crippen LogP contribution in [0.15, 0.2) is 0 Å². The molecule has 0 aromatic carbocycles. The minimum absolute atomic E-state index is 0.132. The van der Waals surface area contributed by atoms with Gasteiger partial charge >= 0.3 is 0 Å². The average Bonchev–Trinajstić information content (AvgIpc) is 1.99. The van der Waals surface area contributed by atoms with Gasteiger partial charge in [-0.3, -0.25) is 4.79 Å². The molecule has 0 fully saturated rings. The fourth-order valence-corrected chi connectivity index (χ4v) is 1.03. The van der Waals surface area contributed by atoms with E-state index in [0.717, 1.165) is 19.5 Å². The summed E-state index contributed by atoms with van der Waals surface area (Å²) in [7, 11) is 0. The van der Waals surface area contributed by atoms with Gasteiger partial charge in [0.05, 0.1) is 5.75 Å². The van der Waals surface area contributed by atoms with Crippen LogP contribution in [0.1, 0.15) is 20.3 Å². The van der Waals surface area contributed by atoms with E-state index >= 15 is 0 Å². The van der Waals surface area contributed by atoms with Crippen LogP contribution in [-0.2, 0) is 4.79 Å². The fourth-order valence-electron chi connectivity index (χ4n) is 0.829. The molecule has 0 rings (SSSR count). The summed E-state index contributed by atoms with van der Waals surface area (Å²) < 4.78 is 0. The summed E-state index contributed by atoms with van der Waals surface area (Å²) in [5.41, 5.74) is 0. The Labute approximate surface area is 68.0 Å². The molecule has 0 unspecified atom stereocenters. The first-order valence-corrected chi connectivity index (χ1v) is 4.28. The summed E-state index contributed by atoms with van der Waals surface area (Å²) >= 11 is 3.91.